The molecule has 2 rings (SSSR count). The molecule has 1 amide bonds. The quantitative estimate of drug-likeness (QED) is 0.747. The summed E-state index contributed by atoms with van der Waals surface area (Å²) in [5.41, 5.74) is 5.57. The van der Waals surface area contributed by atoms with Crippen molar-refractivity contribution in [3.05, 3.63) is 0 Å². The molecule has 2 fully saturated rings. The normalized spacial score (nSPS) is 24.7. The van der Waals surface area contributed by atoms with Gasteiger partial charge in [0.25, 0.3) is 0 Å². The molecule has 1 heterocycles. The molecule has 5 heteroatoms. The summed E-state index contributed by atoms with van der Waals surface area (Å²) in [5, 5.41) is 2.99. The lowest BCUT2D eigenvalue weighted by molar-refractivity contribution is -0.127. The molecule has 0 atom stereocenters. The summed E-state index contributed by atoms with van der Waals surface area (Å²) in [6.45, 7) is 5.11. The molecule has 2 aliphatic rings. The van der Waals surface area contributed by atoms with E-state index in [1.165, 1.54) is 6.42 Å². The number of nitrogens with zero attached hydrogens (tertiary/aromatic N) is 1. The van der Waals surface area contributed by atoms with Crippen molar-refractivity contribution in [3.8, 4) is 0 Å². The number of rotatable bonds is 4. The summed E-state index contributed by atoms with van der Waals surface area (Å²) < 4.78 is 5.29. The average Bonchev–Trinajstić information content (AvgIpc) is 2.41. The Balaban J connectivity index is 1.67. The first-order valence-corrected chi connectivity index (χ1v) is 7.08. The van der Waals surface area contributed by atoms with E-state index in [1.807, 2.05) is 0 Å². The predicted octanol–water partition coefficient (Wildman–Crippen LogP) is 0.0964. The standard InChI is InChI=1S/C13H25N3O2/c14-13(4-2-1-3-5-13)12(17)15-6-7-16-8-10-18-11-9-16/h1-11,14H2,(H,15,17). The molecule has 0 aromatic carbocycles. The fraction of sp³-hybridized carbons (Fsp3) is 0.923. The molecule has 5 nitrogen and oxygen atoms in total. The van der Waals surface area contributed by atoms with E-state index in [4.69, 9.17) is 10.5 Å². The van der Waals surface area contributed by atoms with Crippen LogP contribution in [0.25, 0.3) is 0 Å². The van der Waals surface area contributed by atoms with Crippen molar-refractivity contribution < 1.29 is 9.53 Å². The minimum Gasteiger partial charge on any atom is -0.379 e. The zero-order chi connectivity index (χ0) is 12.8. The number of carbonyl (C=O) groups excluding carboxylic acids is 1. The van der Waals surface area contributed by atoms with Gasteiger partial charge in [0, 0.05) is 26.2 Å². The van der Waals surface area contributed by atoms with Gasteiger partial charge in [0.2, 0.25) is 5.91 Å². The van der Waals surface area contributed by atoms with Crippen LogP contribution >= 0.6 is 0 Å². The van der Waals surface area contributed by atoms with Crippen LogP contribution < -0.4 is 11.1 Å². The highest BCUT2D eigenvalue weighted by Gasteiger charge is 2.34. The lowest BCUT2D eigenvalue weighted by Crippen LogP contribution is -2.56. The van der Waals surface area contributed by atoms with Crippen LogP contribution in [0.3, 0.4) is 0 Å². The first kappa shape index (κ1) is 13.8. The molecule has 0 unspecified atom stereocenters. The van der Waals surface area contributed by atoms with Gasteiger partial charge in [0.1, 0.15) is 0 Å². The van der Waals surface area contributed by atoms with Gasteiger partial charge in [-0.1, -0.05) is 19.3 Å². The van der Waals surface area contributed by atoms with E-state index in [9.17, 15) is 4.79 Å². The second-order valence-electron chi connectivity index (χ2n) is 5.43. The van der Waals surface area contributed by atoms with Gasteiger partial charge in [-0.2, -0.15) is 0 Å². The van der Waals surface area contributed by atoms with E-state index in [2.05, 4.69) is 10.2 Å². The van der Waals surface area contributed by atoms with E-state index < -0.39 is 5.54 Å². The highest BCUT2D eigenvalue weighted by Crippen LogP contribution is 2.25. The summed E-state index contributed by atoms with van der Waals surface area (Å²) in [6, 6.07) is 0. The van der Waals surface area contributed by atoms with Gasteiger partial charge in [-0.3, -0.25) is 9.69 Å². The number of nitrogens with two attached hydrogens (primary N) is 1. The molecule has 0 bridgehead atoms. The van der Waals surface area contributed by atoms with Gasteiger partial charge in [0.05, 0.1) is 18.8 Å². The first-order valence-electron chi connectivity index (χ1n) is 7.08. The predicted molar refractivity (Wildman–Crippen MR) is 70.3 cm³/mol. The summed E-state index contributed by atoms with van der Waals surface area (Å²) in [4.78, 5) is 14.4. The molecule has 104 valence electrons. The maximum atomic E-state index is 12.1. The molecule has 18 heavy (non-hydrogen) atoms. The van der Waals surface area contributed by atoms with Gasteiger partial charge < -0.3 is 15.8 Å². The Kier molecular flexibility index (Phi) is 4.97. The van der Waals surface area contributed by atoms with Crippen LogP contribution in [0.4, 0.5) is 0 Å². The second kappa shape index (κ2) is 6.50. The third kappa shape index (κ3) is 3.67. The second-order valence-corrected chi connectivity index (χ2v) is 5.43. The highest BCUT2D eigenvalue weighted by atomic mass is 16.5. The van der Waals surface area contributed by atoms with Gasteiger partial charge in [0.15, 0.2) is 0 Å². The number of amides is 1. The number of hydrogen-bond acceptors (Lipinski definition) is 4. The minimum atomic E-state index is -0.608. The summed E-state index contributed by atoms with van der Waals surface area (Å²) in [5.74, 6) is 0.0375. The lowest BCUT2D eigenvalue weighted by atomic mass is 9.82. The molecule has 0 radical (unpaired) electrons. The van der Waals surface area contributed by atoms with Crippen LogP contribution in [0.5, 0.6) is 0 Å². The topological polar surface area (TPSA) is 67.6 Å². The van der Waals surface area contributed by atoms with Gasteiger partial charge >= 0.3 is 0 Å². The number of ether oxygens (including phenoxy) is 1. The van der Waals surface area contributed by atoms with Crippen LogP contribution in [0.1, 0.15) is 32.1 Å². The Morgan fingerprint density at radius 1 is 1.22 bits per heavy atom. The Hall–Kier alpha value is -0.650. The molecule has 1 aliphatic carbocycles. The molecule has 1 aliphatic heterocycles. The molecular formula is C13H25N3O2. The van der Waals surface area contributed by atoms with E-state index >= 15 is 0 Å². The fourth-order valence-corrected chi connectivity index (χ4v) is 2.74. The first-order chi connectivity index (χ1) is 8.71. The van der Waals surface area contributed by atoms with Crippen LogP contribution in [0.2, 0.25) is 0 Å². The van der Waals surface area contributed by atoms with Crippen LogP contribution in [-0.4, -0.2) is 55.7 Å². The third-order valence-corrected chi connectivity index (χ3v) is 4.02. The zero-order valence-corrected chi connectivity index (χ0v) is 11.1. The summed E-state index contributed by atoms with van der Waals surface area (Å²) >= 11 is 0. The molecule has 0 aromatic rings. The molecule has 1 saturated carbocycles. The minimum absolute atomic E-state index is 0.0375. The van der Waals surface area contributed by atoms with Gasteiger partial charge in [-0.25, -0.2) is 0 Å². The lowest BCUT2D eigenvalue weighted by Gasteiger charge is -2.32. The Morgan fingerprint density at radius 2 is 1.89 bits per heavy atom. The average molecular weight is 255 g/mol. The smallest absolute Gasteiger partial charge is 0.240 e. The van der Waals surface area contributed by atoms with Crippen molar-refractivity contribution in [1.29, 1.82) is 0 Å². The van der Waals surface area contributed by atoms with Crippen molar-refractivity contribution in [1.82, 2.24) is 10.2 Å². The Bertz CT molecular complexity index is 271. The number of hydrogen-bond donors (Lipinski definition) is 2. The van der Waals surface area contributed by atoms with Crippen LogP contribution in [0.15, 0.2) is 0 Å². The summed E-state index contributed by atoms with van der Waals surface area (Å²) in [6.07, 6.45) is 5.02. The van der Waals surface area contributed by atoms with Gasteiger partial charge in [-0.15, -0.1) is 0 Å². The van der Waals surface area contributed by atoms with E-state index in [0.29, 0.717) is 6.54 Å². The number of nitrogens with one attached hydrogen (secondary N) is 1. The molecule has 0 spiro atoms. The van der Waals surface area contributed by atoms with Crippen LogP contribution in [-0.2, 0) is 9.53 Å². The molecular weight excluding hydrogens is 230 g/mol. The van der Waals surface area contributed by atoms with Crippen LogP contribution in [0, 0.1) is 0 Å². The van der Waals surface area contributed by atoms with E-state index in [-0.39, 0.29) is 5.91 Å². The SMILES string of the molecule is NC1(C(=O)NCCN2CCOCC2)CCCCC1. The zero-order valence-electron chi connectivity index (χ0n) is 11.1. The maximum absolute atomic E-state index is 12.1. The fourth-order valence-electron chi connectivity index (χ4n) is 2.74. The third-order valence-electron chi connectivity index (χ3n) is 4.02. The van der Waals surface area contributed by atoms with E-state index in [0.717, 1.165) is 58.5 Å². The monoisotopic (exact) mass is 255 g/mol. The Morgan fingerprint density at radius 3 is 2.56 bits per heavy atom. The van der Waals surface area contributed by atoms with Crippen molar-refractivity contribution in [3.63, 3.8) is 0 Å². The number of morpholine rings is 1. The Labute approximate surface area is 109 Å². The maximum Gasteiger partial charge on any atom is 0.240 e. The van der Waals surface area contributed by atoms with Crippen molar-refractivity contribution in [2.75, 3.05) is 39.4 Å². The number of carbonyl (C=O) groups is 1. The van der Waals surface area contributed by atoms with Gasteiger partial charge in [-0.05, 0) is 12.8 Å². The van der Waals surface area contributed by atoms with Crippen molar-refractivity contribution >= 4 is 5.91 Å². The van der Waals surface area contributed by atoms with Crippen molar-refractivity contribution in [2.24, 2.45) is 5.73 Å². The van der Waals surface area contributed by atoms with E-state index in [1.54, 1.807) is 0 Å². The van der Waals surface area contributed by atoms with Crippen molar-refractivity contribution in [2.45, 2.75) is 37.6 Å². The largest absolute Gasteiger partial charge is 0.379 e. The highest BCUT2D eigenvalue weighted by molar-refractivity contribution is 5.86. The summed E-state index contributed by atoms with van der Waals surface area (Å²) in [7, 11) is 0. The molecule has 3 N–H and O–H groups in total. The molecule has 0 aromatic heterocycles. The molecule has 1 saturated heterocycles.